The molecule has 0 radical (unpaired) electrons. The lowest BCUT2D eigenvalue weighted by molar-refractivity contribution is -0.870. The molecule has 0 aliphatic carbocycles. The van der Waals surface area contributed by atoms with Gasteiger partial charge < -0.3 is 18.9 Å². The first-order valence-electron chi connectivity index (χ1n) is 29.4. The van der Waals surface area contributed by atoms with Crippen LogP contribution in [0.3, 0.4) is 0 Å². The number of ether oxygens (including phenoxy) is 2. The fourth-order valence-electron chi connectivity index (χ4n) is 8.73. The summed E-state index contributed by atoms with van der Waals surface area (Å²) in [5, 5.41) is 0. The van der Waals surface area contributed by atoms with E-state index in [0.29, 0.717) is 23.9 Å². The lowest BCUT2D eigenvalue weighted by atomic mass is 10.0. The summed E-state index contributed by atoms with van der Waals surface area (Å²) < 4.78 is 34.5. The minimum absolute atomic E-state index is 0.0310. The first kappa shape index (κ1) is 66.8. The molecule has 0 aliphatic rings. The normalized spacial score (nSPS) is 13.3. The maximum atomic E-state index is 12.8. The topological polar surface area (TPSA) is 108 Å². The molecule has 0 fully saturated rings. The zero-order valence-electron chi connectivity index (χ0n) is 45.9. The molecule has 0 heterocycles. The number of unbranched alkanes of at least 4 members (excludes halogenated alkanes) is 39. The van der Waals surface area contributed by atoms with Gasteiger partial charge in [-0.25, -0.2) is 4.57 Å². The van der Waals surface area contributed by atoms with E-state index in [2.05, 4.69) is 26.0 Å². The van der Waals surface area contributed by atoms with Crippen LogP contribution < -0.4 is 0 Å². The van der Waals surface area contributed by atoms with Gasteiger partial charge in [-0.05, 0) is 32.1 Å². The van der Waals surface area contributed by atoms with Crippen molar-refractivity contribution in [1.82, 2.24) is 0 Å². The molecule has 1 unspecified atom stereocenters. The molecule has 1 N–H and O–H groups in total. The van der Waals surface area contributed by atoms with E-state index in [0.717, 1.165) is 32.1 Å². The van der Waals surface area contributed by atoms with E-state index in [1.807, 2.05) is 21.1 Å². The highest BCUT2D eigenvalue weighted by Crippen LogP contribution is 2.43. The molecule has 0 aromatic carbocycles. The van der Waals surface area contributed by atoms with Crippen molar-refractivity contribution in [3.8, 4) is 0 Å². The van der Waals surface area contributed by atoms with Crippen LogP contribution in [0.25, 0.3) is 0 Å². The van der Waals surface area contributed by atoms with Crippen LogP contribution in [0, 0.1) is 0 Å². The molecule has 9 nitrogen and oxygen atoms in total. The summed E-state index contributed by atoms with van der Waals surface area (Å²) in [4.78, 5) is 35.7. The molecular weight excluding hydrogens is 870 g/mol. The van der Waals surface area contributed by atoms with E-state index in [-0.39, 0.29) is 25.6 Å². The molecule has 68 heavy (non-hydrogen) atoms. The molecule has 0 bridgehead atoms. The number of hydrogen-bond acceptors (Lipinski definition) is 7. The zero-order valence-corrected chi connectivity index (χ0v) is 46.8. The number of hydrogen-bond donors (Lipinski definition) is 1. The number of phosphoric acid groups is 1. The Morgan fingerprint density at radius 2 is 0.765 bits per heavy atom. The van der Waals surface area contributed by atoms with Gasteiger partial charge in [-0.3, -0.25) is 18.6 Å². The van der Waals surface area contributed by atoms with Crippen LogP contribution in [0.5, 0.6) is 0 Å². The van der Waals surface area contributed by atoms with E-state index >= 15 is 0 Å². The third-order valence-corrected chi connectivity index (χ3v) is 14.3. The number of esters is 2. The lowest BCUT2D eigenvalue weighted by Gasteiger charge is -2.24. The van der Waals surface area contributed by atoms with Gasteiger partial charge >= 0.3 is 19.8 Å². The Balaban J connectivity index is 4.15. The van der Waals surface area contributed by atoms with Gasteiger partial charge in [0.25, 0.3) is 0 Å². The van der Waals surface area contributed by atoms with Gasteiger partial charge in [0.2, 0.25) is 0 Å². The first-order valence-corrected chi connectivity index (χ1v) is 30.9. The van der Waals surface area contributed by atoms with Crippen LogP contribution in [0.15, 0.2) is 12.2 Å². The third-order valence-electron chi connectivity index (χ3n) is 13.3. The van der Waals surface area contributed by atoms with Crippen molar-refractivity contribution in [2.75, 3.05) is 47.5 Å². The van der Waals surface area contributed by atoms with Crippen molar-refractivity contribution in [3.63, 3.8) is 0 Å². The maximum Gasteiger partial charge on any atom is 0.472 e. The van der Waals surface area contributed by atoms with Crippen molar-refractivity contribution in [1.29, 1.82) is 0 Å². The molecule has 0 rings (SSSR count). The predicted octanol–water partition coefficient (Wildman–Crippen LogP) is 18.0. The van der Waals surface area contributed by atoms with E-state index in [9.17, 15) is 19.0 Å². The summed E-state index contributed by atoms with van der Waals surface area (Å²) in [7, 11) is 1.48. The summed E-state index contributed by atoms with van der Waals surface area (Å²) in [5.41, 5.74) is 0. The molecule has 0 saturated carbocycles. The number of rotatable bonds is 55. The molecule has 2 atom stereocenters. The third kappa shape index (κ3) is 54.1. The van der Waals surface area contributed by atoms with E-state index in [1.165, 1.54) is 231 Å². The van der Waals surface area contributed by atoms with E-state index in [1.54, 1.807) is 0 Å². The average molecular weight is 986 g/mol. The predicted molar refractivity (Wildman–Crippen MR) is 289 cm³/mol. The Morgan fingerprint density at radius 3 is 1.13 bits per heavy atom. The van der Waals surface area contributed by atoms with Gasteiger partial charge in [-0.1, -0.05) is 264 Å². The van der Waals surface area contributed by atoms with Crippen LogP contribution in [0.2, 0.25) is 0 Å². The van der Waals surface area contributed by atoms with Crippen molar-refractivity contribution < 1.29 is 42.1 Å². The van der Waals surface area contributed by atoms with Gasteiger partial charge in [0, 0.05) is 12.8 Å². The molecule has 0 aliphatic heterocycles. The van der Waals surface area contributed by atoms with E-state index in [4.69, 9.17) is 18.5 Å². The van der Waals surface area contributed by atoms with Gasteiger partial charge in [0.1, 0.15) is 19.8 Å². The fourth-order valence-corrected chi connectivity index (χ4v) is 9.47. The van der Waals surface area contributed by atoms with Gasteiger partial charge in [0.15, 0.2) is 6.10 Å². The quantitative estimate of drug-likeness (QED) is 0.0211. The smallest absolute Gasteiger partial charge is 0.462 e. The summed E-state index contributed by atoms with van der Waals surface area (Å²) in [5.74, 6) is -0.815. The highest BCUT2D eigenvalue weighted by atomic mass is 31.2. The molecule has 0 amide bonds. The Kier molecular flexibility index (Phi) is 49.8. The van der Waals surface area contributed by atoms with Crippen LogP contribution in [-0.2, 0) is 32.7 Å². The zero-order chi connectivity index (χ0) is 49.9. The number of quaternary nitrogens is 1. The maximum absolute atomic E-state index is 12.8. The summed E-state index contributed by atoms with van der Waals surface area (Å²) in [6.07, 6.45) is 58.6. The van der Waals surface area contributed by atoms with E-state index < -0.39 is 26.5 Å². The Labute approximate surface area is 422 Å². The first-order chi connectivity index (χ1) is 33.0. The second-order valence-electron chi connectivity index (χ2n) is 21.4. The number of carbonyl (C=O) groups excluding carboxylic acids is 2. The highest BCUT2D eigenvalue weighted by Gasteiger charge is 2.27. The molecule has 0 spiro atoms. The second-order valence-corrected chi connectivity index (χ2v) is 22.8. The average Bonchev–Trinajstić information content (AvgIpc) is 3.30. The van der Waals surface area contributed by atoms with Gasteiger partial charge in [0.05, 0.1) is 27.7 Å². The molecule has 404 valence electrons. The largest absolute Gasteiger partial charge is 0.472 e. The van der Waals surface area contributed by atoms with Crippen molar-refractivity contribution in [2.24, 2.45) is 0 Å². The SMILES string of the molecule is CCCCCCCCCCCCCCCCCCCC/C=C/CCCC(=O)O[C@H](COC(=O)CCCCCCCCCCCCCCCCCCCCCCC)COP(=O)(O)OCC[N+](C)(C)C. The van der Waals surface area contributed by atoms with Crippen LogP contribution in [0.4, 0.5) is 0 Å². The fraction of sp³-hybridized carbons (Fsp3) is 0.931. The van der Waals surface area contributed by atoms with Gasteiger partial charge in [-0.2, -0.15) is 0 Å². The second kappa shape index (κ2) is 50.7. The number of allylic oxidation sites excluding steroid dienone is 2. The molecule has 0 aromatic rings. The molecule has 0 aromatic heterocycles. The summed E-state index contributed by atoms with van der Waals surface area (Å²) in [6.45, 7) is 4.47. The van der Waals surface area contributed by atoms with Crippen molar-refractivity contribution in [3.05, 3.63) is 12.2 Å². The van der Waals surface area contributed by atoms with Gasteiger partial charge in [-0.15, -0.1) is 0 Å². The summed E-state index contributed by atoms with van der Waals surface area (Å²) in [6, 6.07) is 0. The molecular formula is C58H115NO8P+. The van der Waals surface area contributed by atoms with Crippen molar-refractivity contribution in [2.45, 2.75) is 302 Å². The van der Waals surface area contributed by atoms with Crippen LogP contribution in [0.1, 0.15) is 296 Å². The standard InChI is InChI=1S/C58H114NO8P/c1-6-8-10-12-14-16-18-20-22-24-26-28-29-31-33-35-37-39-41-43-45-47-49-51-58(61)67-56(55-66-68(62,63)65-53-52-59(3,4)5)54-64-57(60)50-48-46-44-42-40-38-36-34-32-30-27-25-23-21-19-17-15-13-11-9-7-2/h43,45,56H,6-42,44,46-55H2,1-5H3/p+1/b45-43+/t56-/m1/s1. The molecule has 10 heteroatoms. The van der Waals surface area contributed by atoms with Crippen LogP contribution >= 0.6 is 7.82 Å². The number of likely N-dealkylation sites (N-methyl/N-ethyl adjacent to an activating group) is 1. The number of phosphoric ester groups is 1. The Hall–Kier alpha value is -1.25. The minimum atomic E-state index is -4.39. The minimum Gasteiger partial charge on any atom is -0.462 e. The Morgan fingerprint density at radius 1 is 0.441 bits per heavy atom. The van der Waals surface area contributed by atoms with Crippen molar-refractivity contribution >= 4 is 19.8 Å². The molecule has 0 saturated heterocycles. The Bertz CT molecular complexity index is 1160. The number of nitrogens with zero attached hydrogens (tertiary/aromatic N) is 1. The monoisotopic (exact) mass is 985 g/mol. The summed E-state index contributed by atoms with van der Waals surface area (Å²) >= 11 is 0. The number of carbonyl (C=O) groups is 2. The highest BCUT2D eigenvalue weighted by molar-refractivity contribution is 7.47. The van der Waals surface area contributed by atoms with Crippen LogP contribution in [-0.4, -0.2) is 74.9 Å². The lowest BCUT2D eigenvalue weighted by Crippen LogP contribution is -2.37.